The minimum Gasteiger partial charge on any atom is -0.497 e. The molecule has 0 radical (unpaired) electrons. The molecule has 144 valence electrons. The van der Waals surface area contributed by atoms with E-state index in [-0.39, 0.29) is 18.5 Å². The Bertz CT molecular complexity index is 1030. The molecule has 28 heavy (non-hydrogen) atoms. The molecule has 3 amide bonds. The summed E-state index contributed by atoms with van der Waals surface area (Å²) in [6.45, 7) is 7.77. The number of methoxy groups -OCH3 is 1. The summed E-state index contributed by atoms with van der Waals surface area (Å²) in [7, 11) is 3.26. The number of benzene rings is 1. The summed E-state index contributed by atoms with van der Waals surface area (Å²) in [6, 6.07) is 6.56. The first-order valence-corrected chi connectivity index (χ1v) is 8.93. The van der Waals surface area contributed by atoms with Crippen molar-refractivity contribution >= 4 is 23.7 Å². The molecule has 0 bridgehead atoms. The lowest BCUT2D eigenvalue weighted by atomic mass is 10.1. The van der Waals surface area contributed by atoms with Crippen LogP contribution in [0.25, 0.3) is 5.69 Å². The van der Waals surface area contributed by atoms with Crippen LogP contribution in [-0.4, -0.2) is 52.8 Å². The zero-order valence-electron chi connectivity index (χ0n) is 16.3. The van der Waals surface area contributed by atoms with Crippen molar-refractivity contribution in [1.82, 2.24) is 14.4 Å². The van der Waals surface area contributed by atoms with E-state index in [2.05, 4.69) is 11.6 Å². The predicted molar refractivity (Wildman–Crippen MR) is 103 cm³/mol. The van der Waals surface area contributed by atoms with Crippen LogP contribution >= 0.6 is 0 Å². The Hall–Kier alpha value is -3.42. The molecule has 1 aromatic heterocycles. The fourth-order valence-corrected chi connectivity index (χ4v) is 3.65. The van der Waals surface area contributed by atoms with Crippen molar-refractivity contribution in [3.63, 3.8) is 0 Å². The molecule has 2 aliphatic rings. The zero-order chi connectivity index (χ0) is 20.2. The molecule has 1 unspecified atom stereocenters. The number of hydrogen-bond acceptors (Lipinski definition) is 4. The molecule has 4 rings (SSSR count). The number of fused-ring (bicyclic) bond motifs is 3. The van der Waals surface area contributed by atoms with Crippen molar-refractivity contribution in [3.05, 3.63) is 48.3 Å². The number of likely N-dealkylation sites (N-methyl/N-ethyl adjacent to an activating group) is 1. The molecule has 2 aromatic rings. The summed E-state index contributed by atoms with van der Waals surface area (Å²) in [5.74, 6) is 1.51. The van der Waals surface area contributed by atoms with E-state index in [9.17, 15) is 9.59 Å². The van der Waals surface area contributed by atoms with Gasteiger partial charge in [-0.15, -0.1) is 0 Å². The van der Waals surface area contributed by atoms with E-state index in [0.29, 0.717) is 11.8 Å². The number of aliphatic imine (C=N–C) groups is 1. The van der Waals surface area contributed by atoms with Gasteiger partial charge in [0.2, 0.25) is 11.9 Å². The van der Waals surface area contributed by atoms with E-state index in [1.165, 1.54) is 9.80 Å². The maximum atomic E-state index is 13.1. The van der Waals surface area contributed by atoms with Crippen LogP contribution in [0, 0.1) is 6.92 Å². The highest BCUT2D eigenvalue weighted by Gasteiger charge is 2.53. The second-order valence-electron chi connectivity index (χ2n) is 7.11. The van der Waals surface area contributed by atoms with Gasteiger partial charge < -0.3 is 4.74 Å². The molecule has 2 aliphatic heterocycles. The van der Waals surface area contributed by atoms with Gasteiger partial charge in [0.05, 0.1) is 13.7 Å². The standard InChI is InChI=1S/C20H22N5O3/c1-12(2)10-24-18(26)16-17(22(4)20(24)27)21-19-23(16)11-13(3)25(19)14-6-8-15(28-5)9-7-14/h6-9,11,16H,1,10H2,2-5H3/q+1. The molecule has 1 saturated heterocycles. The quantitative estimate of drug-likeness (QED) is 0.603. The third-order valence-corrected chi connectivity index (χ3v) is 4.97. The number of carbonyl (C=O) groups is 2. The molecule has 0 spiro atoms. The molecular weight excluding hydrogens is 358 g/mol. The molecular formula is C20H22N5O3+. The number of imidazole rings is 1. The van der Waals surface area contributed by atoms with Crippen molar-refractivity contribution in [2.24, 2.45) is 4.99 Å². The van der Waals surface area contributed by atoms with Gasteiger partial charge in [0.15, 0.2) is 0 Å². The van der Waals surface area contributed by atoms with E-state index in [1.54, 1.807) is 21.1 Å². The van der Waals surface area contributed by atoms with E-state index in [4.69, 9.17) is 4.74 Å². The highest BCUT2D eigenvalue weighted by molar-refractivity contribution is 6.19. The van der Waals surface area contributed by atoms with Crippen LogP contribution in [0.4, 0.5) is 10.7 Å². The summed E-state index contributed by atoms with van der Waals surface area (Å²) in [5, 5.41) is 0. The van der Waals surface area contributed by atoms with Crippen LogP contribution in [0.2, 0.25) is 0 Å². The number of amidine groups is 1. The highest BCUT2D eigenvalue weighted by atomic mass is 16.5. The number of urea groups is 1. The Morgan fingerprint density at radius 3 is 2.57 bits per heavy atom. The molecule has 0 saturated carbocycles. The largest absolute Gasteiger partial charge is 0.497 e. The third kappa shape index (κ3) is 2.52. The number of ether oxygens (including phenoxy) is 1. The molecule has 0 N–H and O–H groups in total. The lowest BCUT2D eigenvalue weighted by molar-refractivity contribution is -0.676. The van der Waals surface area contributed by atoms with Crippen LogP contribution < -0.4 is 9.30 Å². The van der Waals surface area contributed by atoms with Crippen LogP contribution in [0.15, 0.2) is 47.6 Å². The predicted octanol–water partition coefficient (Wildman–Crippen LogP) is 2.14. The number of aromatic nitrogens is 2. The van der Waals surface area contributed by atoms with E-state index in [0.717, 1.165) is 22.7 Å². The number of hydrogen-bond donors (Lipinski definition) is 0. The van der Waals surface area contributed by atoms with Crippen LogP contribution in [0.1, 0.15) is 18.7 Å². The van der Waals surface area contributed by atoms with Crippen molar-refractivity contribution in [1.29, 1.82) is 0 Å². The van der Waals surface area contributed by atoms with Crippen molar-refractivity contribution in [2.75, 3.05) is 20.7 Å². The van der Waals surface area contributed by atoms with Gasteiger partial charge in [0.25, 0.3) is 5.91 Å². The molecule has 3 heterocycles. The fraction of sp³-hybridized carbons (Fsp3) is 0.300. The van der Waals surface area contributed by atoms with Gasteiger partial charge in [-0.1, -0.05) is 17.1 Å². The fourth-order valence-electron chi connectivity index (χ4n) is 3.65. The van der Waals surface area contributed by atoms with E-state index >= 15 is 0 Å². The topological polar surface area (TPSA) is 71.0 Å². The van der Waals surface area contributed by atoms with Gasteiger partial charge in [-0.3, -0.25) is 14.6 Å². The second kappa shape index (κ2) is 6.33. The third-order valence-electron chi connectivity index (χ3n) is 4.97. The smallest absolute Gasteiger partial charge is 0.406 e. The molecule has 1 fully saturated rings. The first kappa shape index (κ1) is 18.0. The second-order valence-corrected chi connectivity index (χ2v) is 7.11. The van der Waals surface area contributed by atoms with Crippen LogP contribution in [0.3, 0.4) is 0 Å². The Morgan fingerprint density at radius 1 is 1.29 bits per heavy atom. The maximum Gasteiger partial charge on any atom is 0.406 e. The first-order valence-electron chi connectivity index (χ1n) is 8.93. The number of rotatable bonds is 4. The summed E-state index contributed by atoms with van der Waals surface area (Å²) in [6.07, 6.45) is 1.89. The summed E-state index contributed by atoms with van der Waals surface area (Å²) in [5.41, 5.74) is 2.57. The summed E-state index contributed by atoms with van der Waals surface area (Å²) in [4.78, 5) is 33.1. The van der Waals surface area contributed by atoms with Gasteiger partial charge in [-0.2, -0.15) is 4.57 Å². The van der Waals surface area contributed by atoms with E-state index < -0.39 is 6.04 Å². The van der Waals surface area contributed by atoms with Gasteiger partial charge in [-0.25, -0.2) is 9.36 Å². The number of amides is 3. The summed E-state index contributed by atoms with van der Waals surface area (Å²) < 4.78 is 9.01. The number of imide groups is 1. The highest BCUT2D eigenvalue weighted by Crippen LogP contribution is 2.31. The molecule has 1 aromatic carbocycles. The van der Waals surface area contributed by atoms with Crippen molar-refractivity contribution in [2.45, 2.75) is 19.9 Å². The lowest BCUT2D eigenvalue weighted by Gasteiger charge is -2.33. The van der Waals surface area contributed by atoms with E-state index in [1.807, 2.05) is 46.5 Å². The number of carbonyl (C=O) groups excluding carboxylic acids is 2. The normalized spacial score (nSPS) is 18.1. The first-order chi connectivity index (χ1) is 13.3. The number of aryl methyl sites for hydroxylation is 1. The summed E-state index contributed by atoms with van der Waals surface area (Å²) >= 11 is 0. The molecule has 1 atom stereocenters. The minimum absolute atomic E-state index is 0.194. The van der Waals surface area contributed by atoms with Gasteiger partial charge >= 0.3 is 12.0 Å². The molecule has 8 heteroatoms. The maximum absolute atomic E-state index is 13.1. The average Bonchev–Trinajstić information content (AvgIpc) is 3.18. The monoisotopic (exact) mass is 380 g/mol. The van der Waals surface area contributed by atoms with Crippen LogP contribution in [-0.2, 0) is 4.79 Å². The Labute approximate surface area is 163 Å². The van der Waals surface area contributed by atoms with Crippen molar-refractivity contribution < 1.29 is 18.9 Å². The average molecular weight is 380 g/mol. The molecule has 8 nitrogen and oxygen atoms in total. The van der Waals surface area contributed by atoms with Crippen LogP contribution in [0.5, 0.6) is 5.75 Å². The molecule has 0 aliphatic carbocycles. The van der Waals surface area contributed by atoms with Crippen molar-refractivity contribution in [3.8, 4) is 11.4 Å². The Kier molecular flexibility index (Phi) is 4.06. The Morgan fingerprint density at radius 2 is 1.96 bits per heavy atom. The SMILES string of the molecule is C=C(C)CN1C(=O)C2C(=Nc3n(-c4ccc(OC)cc4)c(C)c[n+]32)N(C)C1=O. The zero-order valence-corrected chi connectivity index (χ0v) is 16.3. The number of nitrogens with zero attached hydrogens (tertiary/aromatic N) is 5. The minimum atomic E-state index is -0.657. The van der Waals surface area contributed by atoms with Gasteiger partial charge in [-0.05, 0) is 38.1 Å². The Balaban J connectivity index is 1.81. The lowest BCUT2D eigenvalue weighted by Crippen LogP contribution is -2.62. The van der Waals surface area contributed by atoms with Gasteiger partial charge in [0.1, 0.15) is 23.3 Å². The van der Waals surface area contributed by atoms with Gasteiger partial charge in [0, 0.05) is 7.05 Å².